The molecule has 0 amide bonds. The van der Waals surface area contributed by atoms with Crippen molar-refractivity contribution in [2.24, 2.45) is 0 Å². The summed E-state index contributed by atoms with van der Waals surface area (Å²) in [5.74, 6) is -0.335. The largest absolute Gasteiger partial charge is 0.470 e. The van der Waals surface area contributed by atoms with E-state index < -0.39 is 63.1 Å². The molecule has 0 bridgehead atoms. The molecule has 0 aromatic rings. The molecule has 1 unspecified atom stereocenters. The first-order valence-corrected chi connectivity index (χ1v) is 13.2. The standard InChI is InChI=1S/C12H26O14P2S/c1-2-3-4-5-6-29(21,22)23-7-8-10(25-27(15,16)17)9(13)11(12(14)24-8)26-28(18,19)20/h8-14H,2-7H2,1H3,(H2,15,16,17)(H2,18,19,20)/t8-,9+,10-,11-,12?/m1/s1. The van der Waals surface area contributed by atoms with E-state index in [1.54, 1.807) is 0 Å². The summed E-state index contributed by atoms with van der Waals surface area (Å²) < 4.78 is 64.1. The van der Waals surface area contributed by atoms with Gasteiger partial charge in [-0.3, -0.25) is 13.2 Å². The smallest absolute Gasteiger partial charge is 0.387 e. The van der Waals surface area contributed by atoms with E-state index in [2.05, 4.69) is 9.05 Å². The fraction of sp³-hybridized carbons (Fsp3) is 1.00. The highest BCUT2D eigenvalue weighted by Gasteiger charge is 2.50. The molecule has 1 aliphatic heterocycles. The first-order chi connectivity index (χ1) is 13.2. The molecule has 14 nitrogen and oxygen atoms in total. The van der Waals surface area contributed by atoms with Gasteiger partial charge in [-0.05, 0) is 6.42 Å². The van der Waals surface area contributed by atoms with Gasteiger partial charge in [-0.15, -0.1) is 0 Å². The SMILES string of the molecule is CCCCCCS(=O)(=O)OC[C@H]1OC(O)[C@H](OP(=O)(O)O)[C@@H](O)[C@@H]1OP(=O)(O)O. The third kappa shape index (κ3) is 10.2. The van der Waals surface area contributed by atoms with Gasteiger partial charge in [-0.2, -0.15) is 8.42 Å². The zero-order valence-electron chi connectivity index (χ0n) is 15.4. The number of hydrogen-bond donors (Lipinski definition) is 6. The normalized spacial score (nSPS) is 29.1. The molecular weight excluding hydrogens is 462 g/mol. The molecule has 5 atom stereocenters. The summed E-state index contributed by atoms with van der Waals surface area (Å²) in [5.41, 5.74) is 0. The van der Waals surface area contributed by atoms with E-state index in [0.29, 0.717) is 12.8 Å². The minimum absolute atomic E-state index is 0.313. The molecule has 174 valence electrons. The van der Waals surface area contributed by atoms with E-state index in [-0.39, 0.29) is 5.75 Å². The van der Waals surface area contributed by atoms with Crippen LogP contribution in [0.4, 0.5) is 0 Å². The first-order valence-electron chi connectivity index (χ1n) is 8.52. The Balaban J connectivity index is 2.88. The van der Waals surface area contributed by atoms with E-state index in [1.807, 2.05) is 6.92 Å². The second-order valence-corrected chi connectivity index (χ2v) is 10.4. The zero-order valence-corrected chi connectivity index (χ0v) is 18.0. The molecule has 1 aliphatic rings. The van der Waals surface area contributed by atoms with Crippen molar-refractivity contribution in [1.29, 1.82) is 0 Å². The molecule has 0 radical (unpaired) electrons. The summed E-state index contributed by atoms with van der Waals surface area (Å²) in [6, 6.07) is 0. The monoisotopic (exact) mass is 488 g/mol. The summed E-state index contributed by atoms with van der Waals surface area (Å²) in [4.78, 5) is 35.6. The lowest BCUT2D eigenvalue weighted by Gasteiger charge is -2.41. The van der Waals surface area contributed by atoms with Crippen molar-refractivity contribution in [3.63, 3.8) is 0 Å². The number of aliphatic hydroxyl groups excluding tert-OH is 2. The summed E-state index contributed by atoms with van der Waals surface area (Å²) in [6.45, 7) is 1.05. The molecule has 0 aliphatic carbocycles. The van der Waals surface area contributed by atoms with Crippen LogP contribution in [0.3, 0.4) is 0 Å². The van der Waals surface area contributed by atoms with Crippen LogP contribution in [-0.2, 0) is 37.2 Å². The quantitative estimate of drug-likeness (QED) is 0.109. The van der Waals surface area contributed by atoms with E-state index in [0.717, 1.165) is 12.8 Å². The van der Waals surface area contributed by atoms with Crippen molar-refractivity contribution in [3.05, 3.63) is 0 Å². The maximum Gasteiger partial charge on any atom is 0.470 e. The van der Waals surface area contributed by atoms with Crippen LogP contribution in [0, 0.1) is 0 Å². The Morgan fingerprint density at radius 3 is 2.00 bits per heavy atom. The van der Waals surface area contributed by atoms with Gasteiger partial charge in [0, 0.05) is 0 Å². The van der Waals surface area contributed by atoms with Gasteiger partial charge in [0.1, 0.15) is 24.4 Å². The number of phosphoric acid groups is 2. The van der Waals surface area contributed by atoms with E-state index in [4.69, 9.17) is 28.5 Å². The lowest BCUT2D eigenvalue weighted by atomic mass is 9.99. The maximum absolute atomic E-state index is 11.9. The fourth-order valence-electron chi connectivity index (χ4n) is 2.54. The molecule has 1 rings (SSSR count). The van der Waals surface area contributed by atoms with Gasteiger partial charge >= 0.3 is 15.6 Å². The van der Waals surface area contributed by atoms with Crippen molar-refractivity contribution in [2.45, 2.75) is 63.3 Å². The van der Waals surface area contributed by atoms with Crippen LogP contribution < -0.4 is 0 Å². The third-order valence-electron chi connectivity index (χ3n) is 3.81. The molecule has 29 heavy (non-hydrogen) atoms. The number of aliphatic hydroxyl groups is 2. The molecule has 0 aromatic carbocycles. The number of rotatable bonds is 12. The first kappa shape index (κ1) is 27.0. The average Bonchev–Trinajstić information content (AvgIpc) is 2.55. The lowest BCUT2D eigenvalue weighted by Crippen LogP contribution is -2.60. The Labute approximate surface area is 167 Å². The molecule has 6 N–H and O–H groups in total. The van der Waals surface area contributed by atoms with Crippen LogP contribution in [0.15, 0.2) is 0 Å². The van der Waals surface area contributed by atoms with Crippen LogP contribution in [0.5, 0.6) is 0 Å². The topological polar surface area (TPSA) is 227 Å². The average molecular weight is 488 g/mol. The molecule has 0 saturated carbocycles. The molecule has 0 spiro atoms. The van der Waals surface area contributed by atoms with Crippen LogP contribution in [-0.4, -0.2) is 81.3 Å². The Morgan fingerprint density at radius 2 is 1.48 bits per heavy atom. The van der Waals surface area contributed by atoms with E-state index in [9.17, 15) is 27.8 Å². The Bertz CT molecular complexity index is 701. The Kier molecular flexibility index (Phi) is 10.3. The van der Waals surface area contributed by atoms with Crippen molar-refractivity contribution in [2.75, 3.05) is 12.4 Å². The van der Waals surface area contributed by atoms with Crippen LogP contribution >= 0.6 is 15.6 Å². The summed E-state index contributed by atoms with van der Waals surface area (Å²) >= 11 is 0. The van der Waals surface area contributed by atoms with Crippen molar-refractivity contribution in [1.82, 2.24) is 0 Å². The van der Waals surface area contributed by atoms with Crippen molar-refractivity contribution >= 4 is 25.8 Å². The third-order valence-corrected chi connectivity index (χ3v) is 6.13. The van der Waals surface area contributed by atoms with Gasteiger partial charge in [-0.25, -0.2) is 9.13 Å². The van der Waals surface area contributed by atoms with Gasteiger partial charge < -0.3 is 34.5 Å². The lowest BCUT2D eigenvalue weighted by molar-refractivity contribution is -0.278. The van der Waals surface area contributed by atoms with Crippen molar-refractivity contribution < 1.29 is 65.3 Å². The van der Waals surface area contributed by atoms with Crippen molar-refractivity contribution in [3.8, 4) is 0 Å². The highest BCUT2D eigenvalue weighted by Crippen LogP contribution is 2.45. The Hall–Kier alpha value is 0.01000. The van der Waals surface area contributed by atoms with Gasteiger partial charge in [0.2, 0.25) is 0 Å². The molecule has 1 fully saturated rings. The highest BCUT2D eigenvalue weighted by molar-refractivity contribution is 7.86. The van der Waals surface area contributed by atoms with Gasteiger partial charge in [0.25, 0.3) is 10.1 Å². The molecular formula is C12H26O14P2S. The molecule has 17 heteroatoms. The van der Waals surface area contributed by atoms with Gasteiger partial charge in [0.15, 0.2) is 6.29 Å². The molecule has 1 saturated heterocycles. The summed E-state index contributed by atoms with van der Waals surface area (Å²) in [7, 11) is -14.6. The van der Waals surface area contributed by atoms with E-state index >= 15 is 0 Å². The van der Waals surface area contributed by atoms with Crippen LogP contribution in [0.2, 0.25) is 0 Å². The molecule has 1 heterocycles. The number of ether oxygens (including phenoxy) is 1. The second kappa shape index (κ2) is 11.0. The second-order valence-electron chi connectivity index (χ2n) is 6.28. The predicted octanol–water partition coefficient (Wildman–Crippen LogP) is -1.05. The zero-order chi connectivity index (χ0) is 22.5. The fourth-order valence-corrected chi connectivity index (χ4v) is 4.68. The minimum Gasteiger partial charge on any atom is -0.387 e. The number of phosphoric ester groups is 2. The predicted molar refractivity (Wildman–Crippen MR) is 94.6 cm³/mol. The number of unbranched alkanes of at least 4 members (excludes halogenated alkanes) is 3. The summed E-state index contributed by atoms with van der Waals surface area (Å²) in [5, 5.41) is 20.0. The van der Waals surface area contributed by atoms with E-state index in [1.165, 1.54) is 0 Å². The Morgan fingerprint density at radius 1 is 0.931 bits per heavy atom. The number of hydrogen-bond acceptors (Lipinski definition) is 10. The minimum atomic E-state index is -5.27. The maximum atomic E-state index is 11.9. The van der Waals surface area contributed by atoms with Crippen LogP contribution in [0.1, 0.15) is 32.6 Å². The van der Waals surface area contributed by atoms with Crippen LogP contribution in [0.25, 0.3) is 0 Å². The van der Waals surface area contributed by atoms with Gasteiger partial charge in [-0.1, -0.05) is 26.2 Å². The highest BCUT2D eigenvalue weighted by atomic mass is 32.2. The summed E-state index contributed by atoms with van der Waals surface area (Å²) in [6.07, 6.45) is -7.63. The van der Waals surface area contributed by atoms with Gasteiger partial charge in [0.05, 0.1) is 12.4 Å². The molecule has 0 aromatic heterocycles.